The molecule has 1 heteroatoms. The Hall–Kier alpha value is -1.09. The van der Waals surface area contributed by atoms with Crippen LogP contribution in [0.2, 0.25) is 0 Å². The van der Waals surface area contributed by atoms with Crippen LogP contribution in [-0.4, -0.2) is 0 Å². The van der Waals surface area contributed by atoms with E-state index in [1.165, 1.54) is 44.2 Å². The van der Waals surface area contributed by atoms with Gasteiger partial charge in [-0.15, -0.1) is 0 Å². The first-order chi connectivity index (χ1) is 11.2. The van der Waals surface area contributed by atoms with Gasteiger partial charge in [-0.1, -0.05) is 64.1 Å². The van der Waals surface area contributed by atoms with Crippen LogP contribution in [0.1, 0.15) is 69.7 Å². The summed E-state index contributed by atoms with van der Waals surface area (Å²) in [6.07, 6.45) is 4.82. The van der Waals surface area contributed by atoms with Gasteiger partial charge in [0.15, 0.2) is 0 Å². The van der Waals surface area contributed by atoms with Crippen molar-refractivity contribution in [2.45, 2.75) is 58.3 Å². The van der Waals surface area contributed by atoms with Crippen LogP contribution < -0.4 is 0 Å². The second kappa shape index (κ2) is 6.33. The van der Waals surface area contributed by atoms with Crippen molar-refractivity contribution >= 4 is 34.2 Å². The van der Waals surface area contributed by atoms with E-state index in [1.54, 1.807) is 0 Å². The number of hydrogen-bond acceptors (Lipinski definition) is 0. The van der Waals surface area contributed by atoms with Crippen molar-refractivity contribution in [1.82, 2.24) is 0 Å². The van der Waals surface area contributed by atoms with E-state index in [9.17, 15) is 0 Å². The third-order valence-corrected chi connectivity index (χ3v) is 6.28. The highest BCUT2D eigenvalue weighted by molar-refractivity contribution is 14.1. The third-order valence-electron chi connectivity index (χ3n) is 5.56. The second-order valence-electron chi connectivity index (χ2n) is 8.41. The molecule has 0 amide bonds. The van der Waals surface area contributed by atoms with Crippen LogP contribution in [-0.2, 0) is 10.8 Å². The minimum atomic E-state index is 0.268. The van der Waals surface area contributed by atoms with E-state index in [0.717, 1.165) is 0 Å². The summed E-state index contributed by atoms with van der Waals surface area (Å²) in [5, 5.41) is 0. The zero-order chi connectivity index (χ0) is 17.5. The Kier molecular flexibility index (Phi) is 4.67. The lowest BCUT2D eigenvalue weighted by Gasteiger charge is -2.42. The molecule has 0 aliphatic heterocycles. The molecule has 0 N–H and O–H groups in total. The van der Waals surface area contributed by atoms with Crippen LogP contribution in [0.5, 0.6) is 0 Å². The van der Waals surface area contributed by atoms with Crippen LogP contribution in [0.4, 0.5) is 0 Å². The second-order valence-corrected chi connectivity index (χ2v) is 9.65. The molecule has 24 heavy (non-hydrogen) atoms. The Bertz CT molecular complexity index is 776. The van der Waals surface area contributed by atoms with Gasteiger partial charge in [-0.2, -0.15) is 0 Å². The zero-order valence-corrected chi connectivity index (χ0v) is 17.6. The Morgan fingerprint density at radius 1 is 0.875 bits per heavy atom. The summed E-state index contributed by atoms with van der Waals surface area (Å²) in [6.45, 7) is 11.8. The van der Waals surface area contributed by atoms with Crippen molar-refractivity contribution in [2.24, 2.45) is 0 Å². The van der Waals surface area contributed by atoms with Gasteiger partial charge >= 0.3 is 0 Å². The van der Waals surface area contributed by atoms with Crippen LogP contribution in [0.25, 0.3) is 11.6 Å². The summed E-state index contributed by atoms with van der Waals surface area (Å²) in [4.78, 5) is 0. The van der Waals surface area contributed by atoms with E-state index in [4.69, 9.17) is 0 Å². The molecule has 0 atom stereocenters. The highest BCUT2D eigenvalue weighted by Gasteiger charge is 2.36. The van der Waals surface area contributed by atoms with Gasteiger partial charge in [0.25, 0.3) is 0 Å². The van der Waals surface area contributed by atoms with Gasteiger partial charge < -0.3 is 0 Å². The van der Waals surface area contributed by atoms with E-state index in [-0.39, 0.29) is 10.8 Å². The fourth-order valence-electron chi connectivity index (χ4n) is 3.73. The van der Waals surface area contributed by atoms with E-state index >= 15 is 0 Å². The monoisotopic (exact) mass is 430 g/mol. The highest BCUT2D eigenvalue weighted by atomic mass is 127. The van der Waals surface area contributed by atoms with E-state index in [2.05, 4.69) is 106 Å². The van der Waals surface area contributed by atoms with Crippen molar-refractivity contribution in [2.75, 3.05) is 0 Å². The van der Waals surface area contributed by atoms with Gasteiger partial charge in [-0.25, -0.2) is 0 Å². The fraction of sp³-hybridized carbons (Fsp3) is 0.391. The molecule has 0 aromatic heterocycles. The van der Waals surface area contributed by atoms with Gasteiger partial charge in [0.05, 0.1) is 0 Å². The number of halogens is 1. The lowest BCUT2D eigenvalue weighted by Crippen LogP contribution is -2.33. The number of allylic oxidation sites excluding steroid dienone is 1. The number of hydrogen-bond donors (Lipinski definition) is 0. The topological polar surface area (TPSA) is 0 Å². The maximum Gasteiger partial charge on any atom is 0.0130 e. The maximum atomic E-state index is 2.44. The Balaban J connectivity index is 2.03. The van der Waals surface area contributed by atoms with Crippen molar-refractivity contribution in [1.29, 1.82) is 0 Å². The molecular weight excluding hydrogens is 403 g/mol. The number of benzene rings is 2. The molecule has 0 fully saturated rings. The summed E-state index contributed by atoms with van der Waals surface area (Å²) in [6, 6.07) is 15.8. The average molecular weight is 430 g/mol. The predicted octanol–water partition coefficient (Wildman–Crippen LogP) is 7.20. The Morgan fingerprint density at radius 3 is 2.08 bits per heavy atom. The minimum absolute atomic E-state index is 0.268. The molecular formula is C23H27I. The molecule has 0 saturated carbocycles. The summed E-state index contributed by atoms with van der Waals surface area (Å²) < 4.78 is 1.28. The first-order valence-corrected chi connectivity index (χ1v) is 9.86. The largest absolute Gasteiger partial charge is 0.0576 e. The SMILES string of the molecule is C/C(=C\c1ccc(I)cc1)c1ccc2c(c1)C(C)(C)CCC2(C)C. The summed E-state index contributed by atoms with van der Waals surface area (Å²) in [5.41, 5.74) is 7.57. The Morgan fingerprint density at radius 2 is 1.46 bits per heavy atom. The van der Waals surface area contributed by atoms with E-state index < -0.39 is 0 Å². The average Bonchev–Trinajstić information content (AvgIpc) is 2.54. The standard InChI is InChI=1S/C23H27I/c1-16(14-17-6-9-19(24)10-7-17)18-8-11-20-21(15-18)23(4,5)13-12-22(20,2)3/h6-11,14-15H,12-13H2,1-5H3/b16-14+. The first-order valence-electron chi connectivity index (χ1n) is 8.78. The molecule has 0 radical (unpaired) electrons. The number of rotatable bonds is 2. The highest BCUT2D eigenvalue weighted by Crippen LogP contribution is 2.46. The molecule has 0 bridgehead atoms. The van der Waals surface area contributed by atoms with Gasteiger partial charge in [0.1, 0.15) is 0 Å². The van der Waals surface area contributed by atoms with E-state index in [0.29, 0.717) is 0 Å². The summed E-state index contributed by atoms with van der Waals surface area (Å²) in [7, 11) is 0. The molecule has 0 unspecified atom stereocenters. The van der Waals surface area contributed by atoms with Gasteiger partial charge in [-0.3, -0.25) is 0 Å². The quantitative estimate of drug-likeness (QED) is 0.349. The lowest BCUT2D eigenvalue weighted by atomic mass is 9.63. The molecule has 3 rings (SSSR count). The van der Waals surface area contributed by atoms with Crippen molar-refractivity contribution in [3.8, 4) is 0 Å². The fourth-order valence-corrected chi connectivity index (χ4v) is 4.09. The van der Waals surface area contributed by atoms with E-state index in [1.807, 2.05) is 0 Å². The van der Waals surface area contributed by atoms with Gasteiger partial charge in [-0.05, 0) is 93.1 Å². The molecule has 0 heterocycles. The van der Waals surface area contributed by atoms with Crippen molar-refractivity contribution < 1.29 is 0 Å². The smallest absolute Gasteiger partial charge is 0.0130 e. The molecule has 0 nitrogen and oxygen atoms in total. The van der Waals surface area contributed by atoms with Gasteiger partial charge in [0.2, 0.25) is 0 Å². The predicted molar refractivity (Wildman–Crippen MR) is 114 cm³/mol. The van der Waals surface area contributed by atoms with Crippen molar-refractivity contribution in [3.63, 3.8) is 0 Å². The van der Waals surface area contributed by atoms with Crippen LogP contribution >= 0.6 is 22.6 Å². The maximum absolute atomic E-state index is 2.44. The van der Waals surface area contributed by atoms with Crippen LogP contribution in [0, 0.1) is 3.57 Å². The van der Waals surface area contributed by atoms with Crippen molar-refractivity contribution in [3.05, 3.63) is 68.3 Å². The molecule has 1 aliphatic carbocycles. The normalized spacial score (nSPS) is 19.0. The molecule has 126 valence electrons. The summed E-state index contributed by atoms with van der Waals surface area (Å²) >= 11 is 2.35. The Labute approximate surface area is 160 Å². The van der Waals surface area contributed by atoms with Gasteiger partial charge in [0, 0.05) is 3.57 Å². The zero-order valence-electron chi connectivity index (χ0n) is 15.4. The third kappa shape index (κ3) is 3.46. The molecule has 2 aromatic carbocycles. The molecule has 0 saturated heterocycles. The number of fused-ring (bicyclic) bond motifs is 1. The summed E-state index contributed by atoms with van der Waals surface area (Å²) in [5.74, 6) is 0. The lowest BCUT2D eigenvalue weighted by molar-refractivity contribution is 0.332. The van der Waals surface area contributed by atoms with Crippen LogP contribution in [0.15, 0.2) is 42.5 Å². The minimum Gasteiger partial charge on any atom is -0.0576 e. The van der Waals surface area contributed by atoms with Crippen LogP contribution in [0.3, 0.4) is 0 Å². The molecule has 1 aliphatic rings. The molecule has 2 aromatic rings. The molecule has 0 spiro atoms. The first kappa shape index (κ1) is 17.7.